The summed E-state index contributed by atoms with van der Waals surface area (Å²) in [6.45, 7) is 2.09. The quantitative estimate of drug-likeness (QED) is 0.688. The minimum atomic E-state index is -3.73. The van der Waals surface area contributed by atoms with E-state index in [1.54, 1.807) is 38.6 Å². The van der Waals surface area contributed by atoms with Gasteiger partial charge in [0.05, 0.1) is 37.0 Å². The van der Waals surface area contributed by atoms with Gasteiger partial charge in [-0.1, -0.05) is 30.3 Å². The zero-order chi connectivity index (χ0) is 18.6. The summed E-state index contributed by atoms with van der Waals surface area (Å²) < 4.78 is 33.7. The average Bonchev–Trinajstić information content (AvgIpc) is 3.15. The number of aryl methyl sites for hydroxylation is 1. The lowest BCUT2D eigenvalue weighted by Gasteiger charge is -2.19. The van der Waals surface area contributed by atoms with Crippen LogP contribution in [0.4, 0.5) is 0 Å². The van der Waals surface area contributed by atoms with Crippen molar-refractivity contribution in [2.45, 2.75) is 24.4 Å². The van der Waals surface area contributed by atoms with Crippen molar-refractivity contribution in [2.24, 2.45) is 0 Å². The van der Waals surface area contributed by atoms with Gasteiger partial charge in [0.15, 0.2) is 0 Å². The van der Waals surface area contributed by atoms with Crippen LogP contribution in [0.25, 0.3) is 0 Å². The molecule has 1 unspecified atom stereocenters. The van der Waals surface area contributed by atoms with Crippen molar-refractivity contribution in [1.29, 1.82) is 0 Å². The molecule has 1 atom stereocenters. The van der Waals surface area contributed by atoms with Crippen molar-refractivity contribution < 1.29 is 13.2 Å². The Morgan fingerprint density at radius 2 is 1.81 bits per heavy atom. The number of aromatic nitrogens is 3. The molecule has 0 amide bonds. The number of sulfonamides is 1. The smallest absolute Gasteiger partial charge is 0.241 e. The second kappa shape index (κ2) is 7.67. The second-order valence-corrected chi connectivity index (χ2v) is 7.51. The van der Waals surface area contributed by atoms with E-state index < -0.39 is 16.1 Å². The molecule has 0 saturated carbocycles. The lowest BCUT2D eigenvalue weighted by Crippen LogP contribution is -2.32. The van der Waals surface area contributed by atoms with Crippen LogP contribution in [0.5, 0.6) is 5.75 Å². The summed E-state index contributed by atoms with van der Waals surface area (Å²) in [5.74, 6) is 0.643. The van der Waals surface area contributed by atoms with Crippen LogP contribution in [0.3, 0.4) is 0 Å². The van der Waals surface area contributed by atoms with Gasteiger partial charge in [-0.05, 0) is 36.2 Å². The Bertz CT molecular complexity index is 957. The zero-order valence-corrected chi connectivity index (χ0v) is 15.3. The molecule has 0 saturated heterocycles. The number of methoxy groups -OCH3 is 1. The Kier molecular flexibility index (Phi) is 5.34. The van der Waals surface area contributed by atoms with E-state index in [9.17, 15) is 8.42 Å². The highest BCUT2D eigenvalue weighted by Crippen LogP contribution is 2.23. The number of rotatable bonds is 7. The van der Waals surface area contributed by atoms with Gasteiger partial charge in [-0.3, -0.25) is 0 Å². The van der Waals surface area contributed by atoms with Crippen molar-refractivity contribution in [2.75, 3.05) is 7.11 Å². The van der Waals surface area contributed by atoms with E-state index in [1.165, 1.54) is 10.9 Å². The Morgan fingerprint density at radius 3 is 2.42 bits per heavy atom. The average molecular weight is 372 g/mol. The molecule has 136 valence electrons. The highest BCUT2D eigenvalue weighted by molar-refractivity contribution is 7.89. The van der Waals surface area contributed by atoms with Gasteiger partial charge in [0.25, 0.3) is 0 Å². The molecule has 0 bridgehead atoms. The number of nitrogens with one attached hydrogen (secondary N) is 1. The molecule has 0 aliphatic heterocycles. The van der Waals surface area contributed by atoms with Gasteiger partial charge in [-0.2, -0.15) is 15.0 Å². The molecule has 1 heterocycles. The van der Waals surface area contributed by atoms with Gasteiger partial charge >= 0.3 is 0 Å². The maximum absolute atomic E-state index is 12.9. The predicted octanol–water partition coefficient (Wildman–Crippen LogP) is 2.31. The molecule has 0 radical (unpaired) electrons. The van der Waals surface area contributed by atoms with E-state index in [0.717, 1.165) is 11.1 Å². The van der Waals surface area contributed by atoms with E-state index in [1.807, 2.05) is 30.3 Å². The van der Waals surface area contributed by atoms with Crippen molar-refractivity contribution in [3.8, 4) is 5.75 Å². The standard InChI is InChI=1S/C18H20N4O3S/c1-14-12-16(8-9-18(14)25-2)26(23,24)21-17(13-22-19-10-11-20-22)15-6-4-3-5-7-15/h3-12,17,21H,13H2,1-2H3. The van der Waals surface area contributed by atoms with E-state index in [2.05, 4.69) is 14.9 Å². The summed E-state index contributed by atoms with van der Waals surface area (Å²) in [5.41, 5.74) is 1.58. The molecule has 0 aliphatic rings. The van der Waals surface area contributed by atoms with Crippen LogP contribution >= 0.6 is 0 Å². The van der Waals surface area contributed by atoms with Gasteiger partial charge in [-0.25, -0.2) is 13.1 Å². The van der Waals surface area contributed by atoms with Gasteiger partial charge in [-0.15, -0.1) is 0 Å². The summed E-state index contributed by atoms with van der Waals surface area (Å²) in [6, 6.07) is 13.6. The molecule has 1 N–H and O–H groups in total. The Balaban J connectivity index is 1.91. The van der Waals surface area contributed by atoms with Crippen molar-refractivity contribution in [1.82, 2.24) is 19.7 Å². The first-order valence-corrected chi connectivity index (χ1v) is 9.54. The van der Waals surface area contributed by atoms with Crippen LogP contribution in [-0.2, 0) is 16.6 Å². The first kappa shape index (κ1) is 18.1. The highest BCUT2D eigenvalue weighted by atomic mass is 32.2. The van der Waals surface area contributed by atoms with Crippen molar-refractivity contribution in [3.63, 3.8) is 0 Å². The molecule has 2 aromatic carbocycles. The molecule has 26 heavy (non-hydrogen) atoms. The van der Waals surface area contributed by atoms with Crippen LogP contribution in [0.15, 0.2) is 65.8 Å². The van der Waals surface area contributed by atoms with E-state index in [4.69, 9.17) is 4.74 Å². The Labute approximate surface area is 152 Å². The monoisotopic (exact) mass is 372 g/mol. The van der Waals surface area contributed by atoms with Gasteiger partial charge in [0, 0.05) is 0 Å². The molecule has 0 fully saturated rings. The van der Waals surface area contributed by atoms with Crippen LogP contribution in [0.1, 0.15) is 17.2 Å². The molecule has 7 nitrogen and oxygen atoms in total. The third-order valence-corrected chi connectivity index (χ3v) is 5.46. The van der Waals surface area contributed by atoms with E-state index >= 15 is 0 Å². The number of hydrogen-bond acceptors (Lipinski definition) is 5. The summed E-state index contributed by atoms with van der Waals surface area (Å²) in [6.07, 6.45) is 3.12. The van der Waals surface area contributed by atoms with Crippen LogP contribution < -0.4 is 9.46 Å². The van der Waals surface area contributed by atoms with E-state index in [-0.39, 0.29) is 11.4 Å². The lowest BCUT2D eigenvalue weighted by molar-refractivity contribution is 0.411. The normalized spacial score (nSPS) is 12.7. The summed E-state index contributed by atoms with van der Waals surface area (Å²) in [5, 5.41) is 8.15. The first-order valence-electron chi connectivity index (χ1n) is 8.05. The number of benzene rings is 2. The van der Waals surface area contributed by atoms with Gasteiger partial charge < -0.3 is 4.74 Å². The maximum atomic E-state index is 12.9. The van der Waals surface area contributed by atoms with E-state index in [0.29, 0.717) is 5.75 Å². The summed E-state index contributed by atoms with van der Waals surface area (Å²) >= 11 is 0. The molecule has 3 rings (SSSR count). The SMILES string of the molecule is COc1ccc(S(=O)(=O)NC(Cn2nccn2)c2ccccc2)cc1C. The Morgan fingerprint density at radius 1 is 1.12 bits per heavy atom. The third kappa shape index (κ3) is 4.09. The lowest BCUT2D eigenvalue weighted by atomic mass is 10.1. The minimum Gasteiger partial charge on any atom is -0.496 e. The zero-order valence-electron chi connectivity index (χ0n) is 14.5. The summed E-state index contributed by atoms with van der Waals surface area (Å²) in [4.78, 5) is 1.64. The minimum absolute atomic E-state index is 0.185. The van der Waals surface area contributed by atoms with Crippen LogP contribution in [-0.4, -0.2) is 30.5 Å². The topological polar surface area (TPSA) is 86.1 Å². The van der Waals surface area contributed by atoms with Gasteiger partial charge in [0.2, 0.25) is 10.0 Å². The van der Waals surface area contributed by atoms with Crippen molar-refractivity contribution >= 4 is 10.0 Å². The molecular weight excluding hydrogens is 352 g/mol. The first-order chi connectivity index (χ1) is 12.5. The molecule has 0 spiro atoms. The number of nitrogens with zero attached hydrogens (tertiary/aromatic N) is 3. The van der Waals surface area contributed by atoms with Crippen LogP contribution in [0.2, 0.25) is 0 Å². The molecule has 3 aromatic rings. The Hall–Kier alpha value is -2.71. The van der Waals surface area contributed by atoms with Crippen LogP contribution in [0, 0.1) is 6.92 Å². The fraction of sp³-hybridized carbons (Fsp3) is 0.222. The third-order valence-electron chi connectivity index (χ3n) is 3.99. The largest absolute Gasteiger partial charge is 0.496 e. The maximum Gasteiger partial charge on any atom is 0.241 e. The molecular formula is C18H20N4O3S. The predicted molar refractivity (Wildman–Crippen MR) is 97.3 cm³/mol. The highest BCUT2D eigenvalue weighted by Gasteiger charge is 2.23. The molecule has 0 aliphatic carbocycles. The van der Waals surface area contributed by atoms with Crippen molar-refractivity contribution in [3.05, 3.63) is 72.1 Å². The number of hydrogen-bond donors (Lipinski definition) is 1. The fourth-order valence-electron chi connectivity index (χ4n) is 2.67. The number of ether oxygens (including phenoxy) is 1. The molecule has 8 heteroatoms. The van der Waals surface area contributed by atoms with Gasteiger partial charge in [0.1, 0.15) is 5.75 Å². The summed E-state index contributed by atoms with van der Waals surface area (Å²) in [7, 11) is -2.18. The second-order valence-electron chi connectivity index (χ2n) is 5.80. The molecule has 1 aromatic heterocycles. The fourth-order valence-corrected chi connectivity index (χ4v) is 3.97.